The van der Waals surface area contributed by atoms with Gasteiger partial charge in [-0.25, -0.2) is 8.42 Å². The molecule has 140 valence electrons. The summed E-state index contributed by atoms with van der Waals surface area (Å²) in [6, 6.07) is 3.95. The van der Waals surface area contributed by atoms with E-state index in [1.54, 1.807) is 22.6 Å². The van der Waals surface area contributed by atoms with Gasteiger partial charge in [0.25, 0.3) is 0 Å². The van der Waals surface area contributed by atoms with Crippen LogP contribution in [0.25, 0.3) is 10.9 Å². The molecule has 14 heteroatoms. The highest BCUT2D eigenvalue weighted by Gasteiger charge is 2.10. The number of guanidine groups is 2. The van der Waals surface area contributed by atoms with Crippen molar-refractivity contribution < 1.29 is 34.4 Å². The summed E-state index contributed by atoms with van der Waals surface area (Å²) in [5.74, 6) is -0.538. The highest BCUT2D eigenvalue weighted by molar-refractivity contribution is 14.1. The monoisotopic (exact) mass is 487 g/mol. The molecule has 1 heterocycles. The molecular weight excluding hydrogens is 469 g/mol. The van der Waals surface area contributed by atoms with Crippen LogP contribution in [0.3, 0.4) is 0 Å². The first kappa shape index (κ1) is 24.8. The number of hydrogen-bond donors (Lipinski definition) is 6. The molecule has 0 aliphatic carbocycles. The molecule has 0 aliphatic heterocycles. The second-order valence-electron chi connectivity index (χ2n) is 4.04. The quantitative estimate of drug-likeness (QED) is 0.0964. The molecule has 12 nitrogen and oxygen atoms in total. The van der Waals surface area contributed by atoms with E-state index in [0.29, 0.717) is 0 Å². The molecule has 0 bridgehead atoms. The second-order valence-corrected chi connectivity index (χ2v) is 6.55. The Kier molecular flexibility index (Phi) is 10.4. The molecule has 0 fully saturated rings. The fourth-order valence-corrected chi connectivity index (χ4v) is 2.84. The third-order valence-corrected chi connectivity index (χ3v) is 3.71. The van der Waals surface area contributed by atoms with Gasteiger partial charge < -0.3 is 15.1 Å². The number of halogens is 1. The highest BCUT2D eigenvalue weighted by atomic mass is 127. The average molecular weight is 487 g/mol. The summed E-state index contributed by atoms with van der Waals surface area (Å²) >= 11 is 1.68. The third-order valence-electron chi connectivity index (χ3n) is 2.03. The molecule has 1 aromatic carbocycles. The van der Waals surface area contributed by atoms with E-state index in [-0.39, 0.29) is 37.6 Å². The van der Waals surface area contributed by atoms with Crippen LogP contribution in [0, 0.1) is 3.57 Å². The van der Waals surface area contributed by atoms with Gasteiger partial charge in [-0.05, 0) is 34.7 Å². The highest BCUT2D eigenvalue weighted by Crippen LogP contribution is 2.31. The van der Waals surface area contributed by atoms with Gasteiger partial charge in [0.2, 0.25) is 0 Å². The summed E-state index contributed by atoms with van der Waals surface area (Å²) in [4.78, 5) is 3.39. The van der Waals surface area contributed by atoms with Crippen LogP contribution >= 0.6 is 22.6 Å². The Morgan fingerprint density at radius 2 is 1.60 bits per heavy atom. The largest absolute Gasteiger partial charge is 0.870 e. The van der Waals surface area contributed by atoms with E-state index in [0.717, 1.165) is 6.07 Å². The van der Waals surface area contributed by atoms with E-state index >= 15 is 0 Å². The van der Waals surface area contributed by atoms with Gasteiger partial charge in [0.15, 0.2) is 0 Å². The molecule has 0 amide bonds. The van der Waals surface area contributed by atoms with Gasteiger partial charge in [-0.3, -0.25) is 38.7 Å². The first-order valence-corrected chi connectivity index (χ1v) is 8.33. The summed E-state index contributed by atoms with van der Waals surface area (Å²) in [5.41, 5.74) is 18.3. The molecule has 2 rings (SSSR count). The van der Waals surface area contributed by atoms with Gasteiger partial charge in [0, 0.05) is 15.2 Å². The number of fused-ring (bicyclic) bond motifs is 1. The number of benzene rings is 1. The molecule has 0 spiro atoms. The molecule has 0 saturated heterocycles. The summed E-state index contributed by atoms with van der Waals surface area (Å²) in [5, 5.41) is 20.9. The van der Waals surface area contributed by atoms with Crippen LogP contribution in [0.15, 0.2) is 29.3 Å². The minimum absolute atomic E-state index is 0. The molecule has 0 saturated carbocycles. The van der Waals surface area contributed by atoms with E-state index in [4.69, 9.17) is 0 Å². The lowest BCUT2D eigenvalue weighted by atomic mass is 10.2. The average Bonchev–Trinajstić information content (AvgIpc) is 2.40. The van der Waals surface area contributed by atoms with Crippen LogP contribution in [-0.2, 0) is 10.1 Å². The van der Waals surface area contributed by atoms with Crippen LogP contribution in [-0.4, -0.2) is 35.3 Å². The summed E-state index contributed by atoms with van der Waals surface area (Å²) in [6.07, 6.45) is 1.38. The molecular formula is C11H18IN7O5S. The van der Waals surface area contributed by atoms with Crippen LogP contribution < -0.4 is 38.9 Å². The zero-order chi connectivity index (χ0) is 19.1. The van der Waals surface area contributed by atoms with E-state index in [1.807, 2.05) is 0 Å². The minimum atomic E-state index is -4.60. The van der Waals surface area contributed by atoms with Crippen LogP contribution in [0.4, 0.5) is 0 Å². The van der Waals surface area contributed by atoms with Gasteiger partial charge in [-0.1, -0.05) is 11.8 Å². The van der Waals surface area contributed by atoms with Crippen LogP contribution in [0.2, 0.25) is 0 Å². The zero-order valence-electron chi connectivity index (χ0n) is 12.6. The zero-order valence-corrected chi connectivity index (χ0v) is 15.6. The Labute approximate surface area is 156 Å². The van der Waals surface area contributed by atoms with Crippen molar-refractivity contribution in [2.45, 2.75) is 4.90 Å². The van der Waals surface area contributed by atoms with Gasteiger partial charge in [0.05, 0.1) is 10.4 Å². The number of nitrogens with two attached hydrogens (primary N) is 6. The maximum atomic E-state index is 11.6. The van der Waals surface area contributed by atoms with E-state index in [1.165, 1.54) is 18.3 Å². The van der Waals surface area contributed by atoms with Crippen molar-refractivity contribution in [3.8, 4) is 5.75 Å². The number of nitrogens with zero attached hydrogens (tertiary/aromatic N) is 1. The smallest absolute Gasteiger partial charge is 0.336 e. The molecule has 1 aromatic heterocycles. The Morgan fingerprint density at radius 3 is 2.00 bits per heavy atom. The summed E-state index contributed by atoms with van der Waals surface area (Å²) in [7, 11) is -4.60. The van der Waals surface area contributed by atoms with Crippen molar-refractivity contribution in [1.29, 1.82) is 0 Å². The molecule has 25 heavy (non-hydrogen) atoms. The fraction of sp³-hybridized carbons (Fsp3) is 0. The fourth-order valence-electron chi connectivity index (χ4n) is 1.36. The van der Waals surface area contributed by atoms with Crippen molar-refractivity contribution in [2.75, 3.05) is 0 Å². The van der Waals surface area contributed by atoms with Crippen LogP contribution in [0.5, 0.6) is 5.75 Å². The second kappa shape index (κ2) is 10.4. The molecule has 0 aliphatic rings. The Balaban J connectivity index is 0. The third kappa shape index (κ3) is 8.84. The minimum Gasteiger partial charge on any atom is -0.870 e. The van der Waals surface area contributed by atoms with Gasteiger partial charge in [0.1, 0.15) is 10.1 Å². The maximum Gasteiger partial charge on any atom is 0.336 e. The van der Waals surface area contributed by atoms with Gasteiger partial charge in [-0.2, -0.15) is 0 Å². The predicted octanol–water partition coefficient (Wildman–Crippen LogP) is -5.97. The van der Waals surface area contributed by atoms with Crippen molar-refractivity contribution in [2.24, 2.45) is 22.9 Å². The SMILES string of the molecule is NC(N)=[NH2+].NC(N)=[NH2+].O.O=S(=O)([O-])c1cc(I)c([O-])c2ncccc12. The number of pyridine rings is 1. The number of rotatable bonds is 1. The van der Waals surface area contributed by atoms with Crippen molar-refractivity contribution in [3.05, 3.63) is 28.0 Å². The number of hydrogen-bond acceptors (Lipinski definition) is 5. The van der Waals surface area contributed by atoms with E-state index in [9.17, 15) is 18.1 Å². The van der Waals surface area contributed by atoms with Crippen molar-refractivity contribution >= 4 is 55.5 Å². The lowest BCUT2D eigenvalue weighted by Crippen LogP contribution is -2.51. The normalized spacial score (nSPS) is 9.52. The first-order valence-electron chi connectivity index (χ1n) is 5.84. The standard InChI is InChI=1S/C9H6INO4S.2CH5N3.H2O/c10-6-4-7(16(13,14)15)5-2-1-3-11-8(5)9(6)12;2*2-1(3)4;/h1-4,12H,(H,13,14,15);2*(H5,2,3,4);1H2. The Morgan fingerprint density at radius 1 is 1.16 bits per heavy atom. The van der Waals surface area contributed by atoms with E-state index in [2.05, 4.69) is 38.7 Å². The lowest BCUT2D eigenvalue weighted by Gasteiger charge is -2.17. The van der Waals surface area contributed by atoms with Crippen molar-refractivity contribution in [3.63, 3.8) is 0 Å². The maximum absolute atomic E-state index is 11.6. The summed E-state index contributed by atoms with van der Waals surface area (Å²) in [6.45, 7) is 0. The first-order chi connectivity index (χ1) is 10.9. The molecule has 0 unspecified atom stereocenters. The topological polar surface area (TPSA) is 280 Å². The molecule has 2 aromatic rings. The van der Waals surface area contributed by atoms with Gasteiger partial charge in [-0.15, -0.1) is 0 Å². The van der Waals surface area contributed by atoms with Gasteiger partial charge >= 0.3 is 11.9 Å². The number of aromatic nitrogens is 1. The summed E-state index contributed by atoms with van der Waals surface area (Å²) < 4.78 is 33.2. The van der Waals surface area contributed by atoms with Crippen LogP contribution in [0.1, 0.15) is 0 Å². The Hall–Kier alpha value is -2.43. The molecule has 0 atom stereocenters. The van der Waals surface area contributed by atoms with E-state index < -0.39 is 15.0 Å². The van der Waals surface area contributed by atoms with Crippen molar-refractivity contribution in [1.82, 2.24) is 4.98 Å². The Bertz CT molecular complexity index is 839. The predicted molar refractivity (Wildman–Crippen MR) is 96.1 cm³/mol. The molecule has 0 radical (unpaired) electrons. The lowest BCUT2D eigenvalue weighted by molar-refractivity contribution is -0.267. The molecule has 14 N–H and O–H groups in total.